The molecule has 1 aromatic carbocycles. The van der Waals surface area contributed by atoms with Crippen molar-refractivity contribution >= 4 is 84.8 Å². The van der Waals surface area contributed by atoms with E-state index in [2.05, 4.69) is 58.5 Å². The zero-order valence-corrected chi connectivity index (χ0v) is 22.7. The topological polar surface area (TPSA) is 83.0 Å². The van der Waals surface area contributed by atoms with Crippen molar-refractivity contribution in [1.82, 2.24) is 15.0 Å². The molecule has 0 spiro atoms. The molecule has 0 aliphatic carbocycles. The van der Waals surface area contributed by atoms with Crippen LogP contribution in [-0.2, 0) is 0 Å². The average molecular weight is 596 g/mol. The third-order valence-corrected chi connectivity index (χ3v) is 7.25. The van der Waals surface area contributed by atoms with Gasteiger partial charge in [-0.2, -0.15) is 0 Å². The first-order valence-electron chi connectivity index (χ1n) is 10.9. The van der Waals surface area contributed by atoms with Gasteiger partial charge in [0, 0.05) is 48.4 Å². The number of aromatic nitrogens is 3. The Morgan fingerprint density at radius 2 is 1.86 bits per heavy atom. The van der Waals surface area contributed by atoms with Crippen LogP contribution in [0.15, 0.2) is 65.5 Å². The fraction of sp³-hybridized carbons (Fsp3) is 0.250. The Morgan fingerprint density at radius 1 is 1.09 bits per heavy atom. The Hall–Kier alpha value is -2.46. The molecule has 184 valence electrons. The molecule has 7 nitrogen and oxygen atoms in total. The summed E-state index contributed by atoms with van der Waals surface area (Å²) in [5.41, 5.74) is 2.61. The van der Waals surface area contributed by atoms with Crippen molar-refractivity contribution in [3.8, 4) is 0 Å². The van der Waals surface area contributed by atoms with Crippen molar-refractivity contribution < 1.29 is 4.79 Å². The number of halogens is 3. The molecular weight excluding hydrogens is 571 g/mol. The van der Waals surface area contributed by atoms with Gasteiger partial charge in [0.1, 0.15) is 5.82 Å². The van der Waals surface area contributed by atoms with Crippen molar-refractivity contribution in [2.75, 3.05) is 35.2 Å². The van der Waals surface area contributed by atoms with E-state index in [1.807, 2.05) is 30.6 Å². The van der Waals surface area contributed by atoms with E-state index >= 15 is 0 Å². The molecule has 5 rings (SSSR count). The minimum atomic E-state index is -0.212. The number of carbonyl (C=O) groups is 1. The number of amides is 1. The molecule has 1 fully saturated rings. The second-order valence-corrected chi connectivity index (χ2v) is 9.95. The van der Waals surface area contributed by atoms with Crippen LogP contribution in [0, 0.1) is 5.92 Å². The number of pyridine rings is 2. The summed E-state index contributed by atoms with van der Waals surface area (Å²) in [7, 11) is 0. The molecular formula is C24H25BrCl2N6OS. The van der Waals surface area contributed by atoms with Gasteiger partial charge in [0.25, 0.3) is 5.91 Å². The molecule has 2 N–H and O–H groups in total. The van der Waals surface area contributed by atoms with E-state index in [0.29, 0.717) is 22.4 Å². The fourth-order valence-electron chi connectivity index (χ4n) is 4.04. The summed E-state index contributed by atoms with van der Waals surface area (Å²) in [6.07, 6.45) is 7.56. The first-order chi connectivity index (χ1) is 16.2. The Labute approximate surface area is 228 Å². The number of nitrogens with one attached hydrogen (secondary N) is 2. The molecule has 3 aromatic heterocycles. The summed E-state index contributed by atoms with van der Waals surface area (Å²) in [5.74, 6) is 0.926. The van der Waals surface area contributed by atoms with E-state index in [1.165, 1.54) is 17.0 Å². The minimum absolute atomic E-state index is 0. The molecule has 0 radical (unpaired) electrons. The van der Waals surface area contributed by atoms with Gasteiger partial charge < -0.3 is 10.2 Å². The lowest BCUT2D eigenvalue weighted by molar-refractivity contribution is 0.102. The molecule has 1 aliphatic rings. The third-order valence-electron chi connectivity index (χ3n) is 5.82. The highest BCUT2D eigenvalue weighted by molar-refractivity contribution is 9.10. The Kier molecular flexibility index (Phi) is 9.68. The fourth-order valence-corrected chi connectivity index (χ4v) is 5.45. The second kappa shape index (κ2) is 12.5. The number of fused-ring (bicyclic) bond motifs is 1. The van der Waals surface area contributed by atoms with Crippen molar-refractivity contribution in [2.45, 2.75) is 12.8 Å². The highest BCUT2D eigenvalue weighted by atomic mass is 79.9. The number of hydrogen-bond donors (Lipinski definition) is 2. The van der Waals surface area contributed by atoms with Gasteiger partial charge in [0.15, 0.2) is 5.13 Å². The number of piperidine rings is 1. The SMILES string of the molecule is Cl.Cl.O=C(Nc1nc2ccc(Br)cc2s1)c1cccnc1NCC1CCN(c2ccncc2)CC1. The predicted octanol–water partition coefficient (Wildman–Crippen LogP) is 6.27. The van der Waals surface area contributed by atoms with Gasteiger partial charge in [0.2, 0.25) is 0 Å². The molecule has 0 bridgehead atoms. The highest BCUT2D eigenvalue weighted by Crippen LogP contribution is 2.29. The van der Waals surface area contributed by atoms with Crippen LogP contribution >= 0.6 is 52.1 Å². The van der Waals surface area contributed by atoms with Gasteiger partial charge in [-0.25, -0.2) is 9.97 Å². The zero-order chi connectivity index (χ0) is 22.6. The van der Waals surface area contributed by atoms with Gasteiger partial charge in [0.05, 0.1) is 15.8 Å². The standard InChI is InChI=1S/C24H23BrN6OS.2ClH/c25-17-3-4-20-21(14-17)33-24(29-20)30-23(32)19-2-1-9-27-22(19)28-15-16-7-12-31(13-8-16)18-5-10-26-11-6-18;;/h1-6,9-11,14,16H,7-8,12-13,15H2,(H,27,28)(H,29,30,32);2*1H. The summed E-state index contributed by atoms with van der Waals surface area (Å²) >= 11 is 4.93. The first-order valence-corrected chi connectivity index (χ1v) is 12.5. The quantitative estimate of drug-likeness (QED) is 0.273. The van der Waals surface area contributed by atoms with Gasteiger partial charge in [-0.1, -0.05) is 27.3 Å². The summed E-state index contributed by atoms with van der Waals surface area (Å²) in [6.45, 7) is 2.82. The summed E-state index contributed by atoms with van der Waals surface area (Å²) in [6, 6.07) is 13.6. The van der Waals surface area contributed by atoms with E-state index in [0.717, 1.165) is 47.2 Å². The van der Waals surface area contributed by atoms with Crippen molar-refractivity contribution in [2.24, 2.45) is 5.92 Å². The highest BCUT2D eigenvalue weighted by Gasteiger charge is 2.21. The third kappa shape index (κ3) is 6.61. The number of thiazole rings is 1. The van der Waals surface area contributed by atoms with E-state index < -0.39 is 0 Å². The van der Waals surface area contributed by atoms with Crippen LogP contribution < -0.4 is 15.5 Å². The largest absolute Gasteiger partial charge is 0.371 e. The number of carbonyl (C=O) groups excluding carboxylic acids is 1. The maximum absolute atomic E-state index is 13.0. The molecule has 0 unspecified atom stereocenters. The first kappa shape index (κ1) is 27.1. The molecule has 1 aliphatic heterocycles. The van der Waals surface area contributed by atoms with Crippen LogP contribution in [0.4, 0.5) is 16.6 Å². The minimum Gasteiger partial charge on any atom is -0.371 e. The lowest BCUT2D eigenvalue weighted by Crippen LogP contribution is -2.36. The molecule has 11 heteroatoms. The van der Waals surface area contributed by atoms with E-state index in [4.69, 9.17) is 0 Å². The van der Waals surface area contributed by atoms with E-state index in [-0.39, 0.29) is 30.7 Å². The second-order valence-electron chi connectivity index (χ2n) is 8.00. The van der Waals surface area contributed by atoms with Crippen molar-refractivity contribution in [3.63, 3.8) is 0 Å². The lowest BCUT2D eigenvalue weighted by Gasteiger charge is -2.33. The van der Waals surface area contributed by atoms with Gasteiger partial charge in [-0.15, -0.1) is 24.8 Å². The van der Waals surface area contributed by atoms with Crippen LogP contribution in [0.2, 0.25) is 0 Å². The van der Waals surface area contributed by atoms with E-state index in [1.54, 1.807) is 18.3 Å². The van der Waals surface area contributed by atoms with E-state index in [9.17, 15) is 4.79 Å². The molecule has 0 saturated carbocycles. The summed E-state index contributed by atoms with van der Waals surface area (Å²) in [5, 5.41) is 6.92. The smallest absolute Gasteiger partial charge is 0.261 e. The summed E-state index contributed by atoms with van der Waals surface area (Å²) < 4.78 is 2.00. The van der Waals surface area contributed by atoms with Crippen LogP contribution in [-0.4, -0.2) is 40.5 Å². The maximum atomic E-state index is 13.0. The predicted molar refractivity (Wildman–Crippen MR) is 152 cm³/mol. The Morgan fingerprint density at radius 3 is 2.63 bits per heavy atom. The average Bonchev–Trinajstić information content (AvgIpc) is 3.25. The van der Waals surface area contributed by atoms with Crippen molar-refractivity contribution in [3.05, 3.63) is 71.1 Å². The van der Waals surface area contributed by atoms with Crippen LogP contribution in [0.1, 0.15) is 23.2 Å². The van der Waals surface area contributed by atoms with Crippen molar-refractivity contribution in [1.29, 1.82) is 0 Å². The number of nitrogens with zero attached hydrogens (tertiary/aromatic N) is 4. The van der Waals surface area contributed by atoms with Gasteiger partial charge in [-0.05, 0) is 61.2 Å². The Balaban J connectivity index is 0.00000171. The normalized spacial score (nSPS) is 13.6. The molecule has 1 saturated heterocycles. The van der Waals surface area contributed by atoms with Gasteiger partial charge in [-0.3, -0.25) is 15.1 Å². The summed E-state index contributed by atoms with van der Waals surface area (Å²) in [4.78, 5) is 28.4. The number of rotatable bonds is 6. The van der Waals surface area contributed by atoms with Gasteiger partial charge >= 0.3 is 0 Å². The molecule has 4 heterocycles. The van der Waals surface area contributed by atoms with Crippen LogP contribution in [0.25, 0.3) is 10.2 Å². The molecule has 4 aromatic rings. The monoisotopic (exact) mass is 594 g/mol. The number of anilines is 3. The lowest BCUT2D eigenvalue weighted by atomic mass is 9.96. The zero-order valence-electron chi connectivity index (χ0n) is 18.7. The maximum Gasteiger partial charge on any atom is 0.261 e. The molecule has 35 heavy (non-hydrogen) atoms. The molecule has 1 amide bonds. The Bertz CT molecular complexity index is 1270. The number of hydrogen-bond acceptors (Lipinski definition) is 7. The molecule has 0 atom stereocenters. The van der Waals surface area contributed by atoms with Crippen LogP contribution in [0.3, 0.4) is 0 Å². The van der Waals surface area contributed by atoms with Crippen LogP contribution in [0.5, 0.6) is 0 Å². The number of benzene rings is 1.